The average Bonchev–Trinajstić information content (AvgIpc) is 2.95. The number of esters is 1. The Morgan fingerprint density at radius 2 is 2.00 bits per heavy atom. The van der Waals surface area contributed by atoms with Gasteiger partial charge >= 0.3 is 18.1 Å². The molecule has 1 aromatic carbocycles. The van der Waals surface area contributed by atoms with Crippen molar-refractivity contribution < 1.29 is 32.6 Å². The molecule has 0 aliphatic rings. The van der Waals surface area contributed by atoms with Crippen LogP contribution >= 0.6 is 0 Å². The molecule has 0 aliphatic carbocycles. The summed E-state index contributed by atoms with van der Waals surface area (Å²) in [5.41, 5.74) is 2.70. The van der Waals surface area contributed by atoms with Gasteiger partial charge in [0, 0.05) is 11.9 Å². The molecule has 0 saturated carbocycles. The number of ether oxygens (including phenoxy) is 1. The van der Waals surface area contributed by atoms with Gasteiger partial charge in [-0.1, -0.05) is 0 Å². The van der Waals surface area contributed by atoms with Gasteiger partial charge in [-0.3, -0.25) is 0 Å². The Morgan fingerprint density at radius 3 is 2.48 bits per heavy atom. The Hall–Kier alpha value is -3.04. The molecule has 2 aromatic rings. The molecule has 0 atom stereocenters. The summed E-state index contributed by atoms with van der Waals surface area (Å²) in [6.45, 7) is 0. The number of nitrogen functional groups attached to an aromatic ring is 1. The van der Waals surface area contributed by atoms with E-state index in [0.29, 0.717) is 6.07 Å². The smallest absolute Gasteiger partial charge is 0.418 e. The van der Waals surface area contributed by atoms with Crippen LogP contribution in [0.1, 0.15) is 26.4 Å². The molecule has 122 valence electrons. The molecule has 2 rings (SSSR count). The van der Waals surface area contributed by atoms with Crippen LogP contribution in [-0.4, -0.2) is 33.7 Å². The van der Waals surface area contributed by atoms with Crippen molar-refractivity contribution in [3.05, 3.63) is 41.5 Å². The second-order valence-corrected chi connectivity index (χ2v) is 4.42. The maximum absolute atomic E-state index is 13.2. The second kappa shape index (κ2) is 5.63. The van der Waals surface area contributed by atoms with E-state index in [1.807, 2.05) is 0 Å². The van der Waals surface area contributed by atoms with E-state index in [0.717, 1.165) is 30.3 Å². The van der Waals surface area contributed by atoms with Crippen LogP contribution in [0.15, 0.2) is 24.7 Å². The minimum absolute atomic E-state index is 0.277. The third-order valence-corrected chi connectivity index (χ3v) is 2.96. The van der Waals surface area contributed by atoms with Gasteiger partial charge in [-0.25, -0.2) is 14.6 Å². The summed E-state index contributed by atoms with van der Waals surface area (Å²) < 4.78 is 44.8. The van der Waals surface area contributed by atoms with E-state index in [1.54, 1.807) is 0 Å². The van der Waals surface area contributed by atoms with Crippen molar-refractivity contribution in [2.45, 2.75) is 6.18 Å². The summed E-state index contributed by atoms with van der Waals surface area (Å²) in [6.07, 6.45) is -2.98. The molecule has 0 fully saturated rings. The molecule has 23 heavy (non-hydrogen) atoms. The van der Waals surface area contributed by atoms with Crippen molar-refractivity contribution in [3.8, 4) is 5.69 Å². The van der Waals surface area contributed by atoms with Gasteiger partial charge in [0.2, 0.25) is 0 Å². The number of aromatic nitrogens is 2. The summed E-state index contributed by atoms with van der Waals surface area (Å²) in [7, 11) is 1.05. The number of benzene rings is 1. The first-order chi connectivity index (χ1) is 10.6. The molecule has 0 radical (unpaired) electrons. The Balaban J connectivity index is 2.71. The van der Waals surface area contributed by atoms with Crippen LogP contribution in [0.5, 0.6) is 0 Å². The highest BCUT2D eigenvalue weighted by atomic mass is 19.4. The van der Waals surface area contributed by atoms with E-state index < -0.39 is 40.7 Å². The lowest BCUT2D eigenvalue weighted by atomic mass is 10.1. The first kappa shape index (κ1) is 16.3. The van der Waals surface area contributed by atoms with Gasteiger partial charge in [0.1, 0.15) is 6.33 Å². The molecule has 1 heterocycles. The number of carboxylic acid groups (broad SMARTS) is 1. The maximum atomic E-state index is 13.2. The van der Waals surface area contributed by atoms with Crippen molar-refractivity contribution >= 4 is 17.6 Å². The third-order valence-electron chi connectivity index (χ3n) is 2.96. The first-order valence-corrected chi connectivity index (χ1v) is 6.02. The first-order valence-electron chi connectivity index (χ1n) is 6.02. The molecule has 1 aromatic heterocycles. The summed E-state index contributed by atoms with van der Waals surface area (Å²) in [5.74, 6) is -2.32. The van der Waals surface area contributed by atoms with Crippen molar-refractivity contribution in [1.82, 2.24) is 9.55 Å². The molecule has 10 heteroatoms. The van der Waals surface area contributed by atoms with E-state index in [1.165, 1.54) is 0 Å². The number of imidazole rings is 1. The number of rotatable bonds is 3. The Kier molecular flexibility index (Phi) is 4.00. The highest BCUT2D eigenvalue weighted by Gasteiger charge is 2.35. The number of hydrogen-bond donors (Lipinski definition) is 2. The maximum Gasteiger partial charge on any atom is 0.418 e. The van der Waals surface area contributed by atoms with Crippen molar-refractivity contribution in [3.63, 3.8) is 0 Å². The highest BCUT2D eigenvalue weighted by Crippen LogP contribution is 2.36. The Morgan fingerprint density at radius 1 is 1.35 bits per heavy atom. The van der Waals surface area contributed by atoms with Crippen LogP contribution < -0.4 is 5.73 Å². The van der Waals surface area contributed by atoms with Crippen molar-refractivity contribution in [2.75, 3.05) is 12.8 Å². The lowest BCUT2D eigenvalue weighted by Crippen LogP contribution is -2.14. The zero-order chi connectivity index (χ0) is 17.4. The lowest BCUT2D eigenvalue weighted by molar-refractivity contribution is -0.137. The molecular weight excluding hydrogens is 319 g/mol. The summed E-state index contributed by atoms with van der Waals surface area (Å²) in [5, 5.41) is 8.81. The van der Waals surface area contributed by atoms with Gasteiger partial charge in [0.15, 0.2) is 5.69 Å². The fourth-order valence-electron chi connectivity index (χ4n) is 1.90. The van der Waals surface area contributed by atoms with Gasteiger partial charge in [-0.15, -0.1) is 0 Å². The minimum atomic E-state index is -4.77. The summed E-state index contributed by atoms with van der Waals surface area (Å²) in [6, 6.07) is 1.46. The fraction of sp³-hybridized carbons (Fsp3) is 0.154. The number of carbonyl (C=O) groups is 2. The van der Waals surface area contributed by atoms with Crippen LogP contribution in [0.3, 0.4) is 0 Å². The number of nitrogens with two attached hydrogens (primary N) is 1. The number of alkyl halides is 3. The zero-order valence-corrected chi connectivity index (χ0v) is 11.6. The number of nitrogens with zero attached hydrogens (tertiary/aromatic N) is 2. The van der Waals surface area contributed by atoms with Gasteiger partial charge in [-0.2, -0.15) is 13.2 Å². The number of methoxy groups -OCH3 is 1. The van der Waals surface area contributed by atoms with Gasteiger partial charge < -0.3 is 20.1 Å². The van der Waals surface area contributed by atoms with Crippen molar-refractivity contribution in [1.29, 1.82) is 0 Å². The summed E-state index contributed by atoms with van der Waals surface area (Å²) >= 11 is 0. The number of carbonyl (C=O) groups excluding carboxylic acids is 1. The monoisotopic (exact) mass is 329 g/mol. The van der Waals surface area contributed by atoms with E-state index in [9.17, 15) is 22.8 Å². The number of anilines is 1. The number of halogens is 3. The predicted octanol–water partition coefficient (Wildman–Crippen LogP) is 1.96. The van der Waals surface area contributed by atoms with Crippen LogP contribution in [0.4, 0.5) is 18.9 Å². The molecule has 0 amide bonds. The molecule has 7 nitrogen and oxygen atoms in total. The van der Waals surface area contributed by atoms with Crippen LogP contribution in [0.25, 0.3) is 5.69 Å². The molecule has 0 aliphatic heterocycles. The normalized spacial score (nSPS) is 11.3. The van der Waals surface area contributed by atoms with Crippen molar-refractivity contribution in [2.24, 2.45) is 0 Å². The predicted molar refractivity (Wildman–Crippen MR) is 71.3 cm³/mol. The van der Waals surface area contributed by atoms with E-state index >= 15 is 0 Å². The van der Waals surface area contributed by atoms with E-state index in [4.69, 9.17) is 10.8 Å². The molecule has 0 unspecified atom stereocenters. The second-order valence-electron chi connectivity index (χ2n) is 4.42. The van der Waals surface area contributed by atoms with E-state index in [-0.39, 0.29) is 5.56 Å². The SMILES string of the molecule is COC(=O)c1cc(-n2cnc(C(=O)O)c2)c(C(F)(F)F)cc1N. The summed E-state index contributed by atoms with van der Waals surface area (Å²) in [4.78, 5) is 25.9. The van der Waals surface area contributed by atoms with E-state index in [2.05, 4.69) is 9.72 Å². The Bertz CT molecular complexity index is 783. The molecule has 0 bridgehead atoms. The van der Waals surface area contributed by atoms with Gasteiger partial charge in [-0.05, 0) is 12.1 Å². The van der Waals surface area contributed by atoms with Crippen LogP contribution in [0.2, 0.25) is 0 Å². The Labute approximate surface area is 127 Å². The largest absolute Gasteiger partial charge is 0.476 e. The quantitative estimate of drug-likeness (QED) is 0.658. The third kappa shape index (κ3) is 3.10. The molecular formula is C13H10F3N3O4. The molecule has 0 spiro atoms. The number of carboxylic acids is 1. The number of aromatic carboxylic acids is 1. The zero-order valence-electron chi connectivity index (χ0n) is 11.6. The van der Waals surface area contributed by atoms with Gasteiger partial charge in [0.25, 0.3) is 0 Å². The van der Waals surface area contributed by atoms with Crippen LogP contribution in [0, 0.1) is 0 Å². The molecule has 0 saturated heterocycles. The fourth-order valence-corrected chi connectivity index (χ4v) is 1.90. The number of hydrogen-bond acceptors (Lipinski definition) is 5. The lowest BCUT2D eigenvalue weighted by Gasteiger charge is -2.16. The highest BCUT2D eigenvalue weighted by molar-refractivity contribution is 5.96. The molecule has 3 N–H and O–H groups in total. The standard InChI is InChI=1S/C13H10F3N3O4/c1-23-12(22)6-2-10(7(3-8(6)17)13(14,15)16)19-4-9(11(20)21)18-5-19/h2-5H,17H2,1H3,(H,20,21). The average molecular weight is 329 g/mol. The van der Waals surface area contributed by atoms with Gasteiger partial charge in [0.05, 0.1) is 23.9 Å². The topological polar surface area (TPSA) is 107 Å². The van der Waals surface area contributed by atoms with Crippen LogP contribution in [-0.2, 0) is 10.9 Å². The minimum Gasteiger partial charge on any atom is -0.476 e.